The fourth-order valence-electron chi connectivity index (χ4n) is 2.52. The number of benzene rings is 1. The Balaban J connectivity index is 1.75. The van der Waals surface area contributed by atoms with Crippen LogP contribution in [0.15, 0.2) is 22.7 Å². The number of rotatable bonds is 2. The Morgan fingerprint density at radius 2 is 2.24 bits per heavy atom. The van der Waals surface area contributed by atoms with Crippen molar-refractivity contribution >= 4 is 21.8 Å². The van der Waals surface area contributed by atoms with Gasteiger partial charge in [-0.3, -0.25) is 4.79 Å². The second-order valence-electron chi connectivity index (χ2n) is 4.76. The molecular formula is C13H15BrN2O. The lowest BCUT2D eigenvalue weighted by atomic mass is 10.0. The summed E-state index contributed by atoms with van der Waals surface area (Å²) in [6.45, 7) is 1.65. The summed E-state index contributed by atoms with van der Waals surface area (Å²) in [6.07, 6.45) is 2.06. The lowest BCUT2D eigenvalue weighted by molar-refractivity contribution is -0.127. The van der Waals surface area contributed by atoms with Crippen LogP contribution in [0, 0.1) is 5.92 Å². The molecule has 0 radical (unpaired) electrons. The van der Waals surface area contributed by atoms with Crippen LogP contribution in [0.2, 0.25) is 0 Å². The van der Waals surface area contributed by atoms with Crippen molar-refractivity contribution in [3.05, 3.63) is 33.8 Å². The highest BCUT2D eigenvalue weighted by Gasteiger charge is 2.30. The molecule has 1 aliphatic carbocycles. The summed E-state index contributed by atoms with van der Waals surface area (Å²) < 4.78 is 1.16. The fraction of sp³-hybridized carbons (Fsp3) is 0.462. The first kappa shape index (κ1) is 11.2. The highest BCUT2D eigenvalue weighted by molar-refractivity contribution is 9.10. The van der Waals surface area contributed by atoms with E-state index in [1.807, 2.05) is 6.07 Å². The molecule has 1 heterocycles. The molecule has 0 spiro atoms. The molecule has 90 valence electrons. The third-order valence-electron chi connectivity index (χ3n) is 3.68. The minimum atomic E-state index is 0.172. The van der Waals surface area contributed by atoms with Gasteiger partial charge in [-0.05, 0) is 30.0 Å². The van der Waals surface area contributed by atoms with Crippen molar-refractivity contribution in [2.45, 2.75) is 18.9 Å². The molecule has 3 nitrogen and oxygen atoms in total. The fourth-order valence-corrected chi connectivity index (χ4v) is 3.10. The second kappa shape index (κ2) is 4.42. The van der Waals surface area contributed by atoms with E-state index in [2.05, 4.69) is 38.7 Å². The van der Waals surface area contributed by atoms with Gasteiger partial charge in [0.05, 0.1) is 12.0 Å². The summed E-state index contributed by atoms with van der Waals surface area (Å²) >= 11 is 3.57. The standard InChI is InChI=1S/C13H15BrN2O/c14-11-3-1-2-10-9(11)4-5-12(10)16-13(17)8-6-15-7-8/h1-3,8,12,15H,4-7H2,(H,16,17). The quantitative estimate of drug-likeness (QED) is 0.873. The van der Waals surface area contributed by atoms with Crippen molar-refractivity contribution in [2.24, 2.45) is 5.92 Å². The van der Waals surface area contributed by atoms with Crippen LogP contribution < -0.4 is 10.6 Å². The SMILES string of the molecule is O=C(NC1CCc2c(Br)cccc21)C1CNC1. The summed E-state index contributed by atoms with van der Waals surface area (Å²) in [5, 5.41) is 6.29. The smallest absolute Gasteiger partial charge is 0.226 e. The van der Waals surface area contributed by atoms with Gasteiger partial charge in [-0.25, -0.2) is 0 Å². The normalized spacial score (nSPS) is 23.0. The molecule has 3 rings (SSSR count). The van der Waals surface area contributed by atoms with Crippen LogP contribution in [0.5, 0.6) is 0 Å². The van der Waals surface area contributed by atoms with Gasteiger partial charge in [0.15, 0.2) is 0 Å². The number of hydrogen-bond acceptors (Lipinski definition) is 2. The Hall–Kier alpha value is -0.870. The van der Waals surface area contributed by atoms with E-state index in [9.17, 15) is 4.79 Å². The number of carbonyl (C=O) groups excluding carboxylic acids is 1. The Kier molecular flexibility index (Phi) is 2.92. The maximum absolute atomic E-state index is 11.9. The molecule has 0 aromatic heterocycles. The molecule has 1 atom stereocenters. The highest BCUT2D eigenvalue weighted by Crippen LogP contribution is 2.35. The minimum Gasteiger partial charge on any atom is -0.349 e. The molecule has 4 heteroatoms. The van der Waals surface area contributed by atoms with Gasteiger partial charge in [0, 0.05) is 17.6 Å². The van der Waals surface area contributed by atoms with Crippen LogP contribution in [0.25, 0.3) is 0 Å². The van der Waals surface area contributed by atoms with Gasteiger partial charge in [-0.15, -0.1) is 0 Å². The minimum absolute atomic E-state index is 0.172. The zero-order valence-electron chi connectivity index (χ0n) is 9.50. The van der Waals surface area contributed by atoms with Gasteiger partial charge >= 0.3 is 0 Å². The van der Waals surface area contributed by atoms with Gasteiger partial charge in [0.25, 0.3) is 0 Å². The summed E-state index contributed by atoms with van der Waals surface area (Å²) in [4.78, 5) is 11.9. The zero-order valence-corrected chi connectivity index (χ0v) is 11.1. The number of carbonyl (C=O) groups is 1. The van der Waals surface area contributed by atoms with Crippen LogP contribution in [0.3, 0.4) is 0 Å². The maximum Gasteiger partial charge on any atom is 0.226 e. The molecule has 0 saturated carbocycles. The molecule has 1 unspecified atom stereocenters. The van der Waals surface area contributed by atoms with Crippen LogP contribution in [0.4, 0.5) is 0 Å². The van der Waals surface area contributed by atoms with Crippen LogP contribution in [-0.4, -0.2) is 19.0 Å². The molecule has 1 amide bonds. The molecule has 2 N–H and O–H groups in total. The maximum atomic E-state index is 11.9. The first-order valence-electron chi connectivity index (χ1n) is 6.04. The number of hydrogen-bond donors (Lipinski definition) is 2. The van der Waals surface area contributed by atoms with E-state index in [-0.39, 0.29) is 17.9 Å². The first-order valence-corrected chi connectivity index (χ1v) is 6.83. The third kappa shape index (κ3) is 2.00. The van der Waals surface area contributed by atoms with Crippen molar-refractivity contribution in [1.29, 1.82) is 0 Å². The Morgan fingerprint density at radius 3 is 2.94 bits per heavy atom. The zero-order chi connectivity index (χ0) is 11.8. The van der Waals surface area contributed by atoms with E-state index < -0.39 is 0 Å². The number of fused-ring (bicyclic) bond motifs is 1. The topological polar surface area (TPSA) is 41.1 Å². The summed E-state index contributed by atoms with van der Waals surface area (Å²) in [6, 6.07) is 6.43. The number of nitrogens with one attached hydrogen (secondary N) is 2. The molecule has 1 aromatic carbocycles. The molecule has 0 bridgehead atoms. The van der Waals surface area contributed by atoms with E-state index >= 15 is 0 Å². The highest BCUT2D eigenvalue weighted by atomic mass is 79.9. The third-order valence-corrected chi connectivity index (χ3v) is 4.43. The van der Waals surface area contributed by atoms with Gasteiger partial charge in [-0.2, -0.15) is 0 Å². The molecule has 1 saturated heterocycles. The summed E-state index contributed by atoms with van der Waals surface area (Å²) in [7, 11) is 0. The van der Waals surface area contributed by atoms with Gasteiger partial charge in [0.2, 0.25) is 5.91 Å². The Labute approximate surface area is 109 Å². The number of amides is 1. The predicted molar refractivity (Wildman–Crippen MR) is 69.7 cm³/mol. The summed E-state index contributed by atoms with van der Waals surface area (Å²) in [5.74, 6) is 0.368. The molecule has 1 aromatic rings. The van der Waals surface area contributed by atoms with Crippen LogP contribution in [-0.2, 0) is 11.2 Å². The number of halogens is 1. The van der Waals surface area contributed by atoms with Crippen molar-refractivity contribution in [3.8, 4) is 0 Å². The lowest BCUT2D eigenvalue weighted by Gasteiger charge is -2.27. The lowest BCUT2D eigenvalue weighted by Crippen LogP contribution is -2.51. The molecule has 1 aliphatic heterocycles. The summed E-state index contributed by atoms with van der Waals surface area (Å²) in [5.41, 5.74) is 2.63. The van der Waals surface area contributed by atoms with E-state index in [1.54, 1.807) is 0 Å². The predicted octanol–water partition coefficient (Wildman–Crippen LogP) is 1.77. The van der Waals surface area contributed by atoms with E-state index in [0.717, 1.165) is 30.4 Å². The average Bonchev–Trinajstić information content (AvgIpc) is 2.60. The average molecular weight is 295 g/mol. The van der Waals surface area contributed by atoms with E-state index in [0.29, 0.717) is 0 Å². The van der Waals surface area contributed by atoms with Gasteiger partial charge in [-0.1, -0.05) is 28.1 Å². The second-order valence-corrected chi connectivity index (χ2v) is 5.62. The molecular weight excluding hydrogens is 280 g/mol. The largest absolute Gasteiger partial charge is 0.349 e. The van der Waals surface area contributed by atoms with Crippen molar-refractivity contribution in [1.82, 2.24) is 10.6 Å². The van der Waals surface area contributed by atoms with E-state index in [1.165, 1.54) is 11.1 Å². The first-order chi connectivity index (χ1) is 8.25. The van der Waals surface area contributed by atoms with Gasteiger partial charge in [0.1, 0.15) is 0 Å². The van der Waals surface area contributed by atoms with E-state index in [4.69, 9.17) is 0 Å². The Morgan fingerprint density at radius 1 is 1.41 bits per heavy atom. The Bertz CT molecular complexity index is 457. The van der Waals surface area contributed by atoms with Crippen LogP contribution in [0.1, 0.15) is 23.6 Å². The van der Waals surface area contributed by atoms with Crippen molar-refractivity contribution in [3.63, 3.8) is 0 Å². The molecule has 2 aliphatic rings. The van der Waals surface area contributed by atoms with Crippen molar-refractivity contribution < 1.29 is 4.79 Å². The van der Waals surface area contributed by atoms with Gasteiger partial charge < -0.3 is 10.6 Å². The monoisotopic (exact) mass is 294 g/mol. The van der Waals surface area contributed by atoms with Crippen molar-refractivity contribution in [2.75, 3.05) is 13.1 Å². The molecule has 17 heavy (non-hydrogen) atoms. The van der Waals surface area contributed by atoms with Crippen LogP contribution >= 0.6 is 15.9 Å². The molecule has 1 fully saturated rings.